The van der Waals surface area contributed by atoms with Gasteiger partial charge in [-0.25, -0.2) is 8.78 Å². The third-order valence-electron chi connectivity index (χ3n) is 6.55. The molecule has 0 aromatic carbocycles. The van der Waals surface area contributed by atoms with Crippen LogP contribution in [0.15, 0.2) is 12.2 Å². The van der Waals surface area contributed by atoms with E-state index in [2.05, 4.69) is 82.7 Å². The Morgan fingerprint density at radius 3 is 1.10 bits per heavy atom. The van der Waals surface area contributed by atoms with Crippen molar-refractivity contribution in [3.63, 3.8) is 0 Å². The van der Waals surface area contributed by atoms with Crippen molar-refractivity contribution in [3.8, 4) is 0 Å². The van der Waals surface area contributed by atoms with Crippen LogP contribution >= 0.6 is 0 Å². The predicted molar refractivity (Wildman–Crippen MR) is 182 cm³/mol. The average Bonchev–Trinajstić information content (AvgIpc) is 3.28. The van der Waals surface area contributed by atoms with E-state index in [0.29, 0.717) is 22.5 Å². The van der Waals surface area contributed by atoms with Gasteiger partial charge < -0.3 is 0 Å². The second-order valence-corrected chi connectivity index (χ2v) is 17.9. The normalized spacial score (nSPS) is 15.1. The molecule has 1 saturated carbocycles. The van der Waals surface area contributed by atoms with E-state index in [4.69, 9.17) is 0 Å². The van der Waals surface area contributed by atoms with Crippen molar-refractivity contribution in [3.05, 3.63) is 12.2 Å². The third-order valence-corrected chi connectivity index (χ3v) is 6.55. The largest absolute Gasteiger partial charge is 0.299 e. The molecule has 1 aliphatic rings. The van der Waals surface area contributed by atoms with Crippen molar-refractivity contribution < 1.29 is 13.6 Å². The minimum Gasteiger partial charge on any atom is -0.299 e. The first-order valence-electron chi connectivity index (χ1n) is 14.4. The molecule has 0 aliphatic heterocycles. The van der Waals surface area contributed by atoms with Crippen LogP contribution in [0.25, 0.3) is 0 Å². The Kier molecular flexibility index (Phi) is 20.6. The number of carbonyl (C=O) groups excluding carboxylic acids is 1. The first-order valence-corrected chi connectivity index (χ1v) is 14.4. The number of alkyl halides is 2. The van der Waals surface area contributed by atoms with Crippen LogP contribution < -0.4 is 0 Å². The van der Waals surface area contributed by atoms with E-state index in [-0.39, 0.29) is 44.9 Å². The molecular weight excluding hydrogens is 498 g/mol. The molecule has 1 rings (SSSR count). The zero-order valence-corrected chi connectivity index (χ0v) is 28.2. The SMILES string of the molecule is C.C.C.C=C(CC(C)(C)C)CC(C)(C)C.CC(C)(C)CC(F)(F)C(C)(C)C.CC(C)C1(C(=O)CC(C)(C)C)CC1. The molecule has 0 aromatic rings. The molecule has 0 bridgehead atoms. The Bertz CT molecular complexity index is 686. The molecule has 0 unspecified atom stereocenters. The molecule has 0 heterocycles. The van der Waals surface area contributed by atoms with Crippen LogP contribution in [0.2, 0.25) is 0 Å². The second kappa shape index (κ2) is 16.8. The lowest BCUT2D eigenvalue weighted by molar-refractivity contribution is -0.127. The predicted octanol–water partition coefficient (Wildman–Crippen LogP) is 13.9. The number of hydrogen-bond donors (Lipinski definition) is 0. The fourth-order valence-corrected chi connectivity index (χ4v) is 4.46. The van der Waals surface area contributed by atoms with Gasteiger partial charge in [0.2, 0.25) is 0 Å². The highest BCUT2D eigenvalue weighted by Crippen LogP contribution is 2.54. The lowest BCUT2D eigenvalue weighted by Gasteiger charge is -2.35. The first kappa shape index (κ1) is 49.0. The fourth-order valence-electron chi connectivity index (χ4n) is 4.46. The van der Waals surface area contributed by atoms with Crippen LogP contribution in [0.5, 0.6) is 0 Å². The molecule has 0 spiro atoms. The third kappa shape index (κ3) is 22.9. The number of hydrogen-bond acceptors (Lipinski definition) is 1. The Hall–Kier alpha value is -0.730. The van der Waals surface area contributed by atoms with Crippen LogP contribution in [0.4, 0.5) is 8.78 Å². The summed E-state index contributed by atoms with van der Waals surface area (Å²) in [5, 5.41) is 0. The summed E-state index contributed by atoms with van der Waals surface area (Å²) in [5.74, 6) is -1.55. The van der Waals surface area contributed by atoms with Crippen molar-refractivity contribution in [2.24, 2.45) is 38.4 Å². The summed E-state index contributed by atoms with van der Waals surface area (Å²) in [6.45, 7) is 38.7. The standard InChI is InChI=1S/C12H22O.C12H24.C10H20F2.3CH4/c1-9(2)12(6-7-12)10(13)8-11(3,4)5;1-10(8-11(2,3)4)9-12(5,6)7;1-8(2,3)7-10(11,12)9(4,5)6;;;/h9H,6-8H2,1-5H3;1,8-9H2,2-7H3;7H2,1-6H3;3*1H4. The van der Waals surface area contributed by atoms with Crippen LogP contribution in [0, 0.1) is 38.4 Å². The highest BCUT2D eigenvalue weighted by atomic mass is 19.3. The van der Waals surface area contributed by atoms with Gasteiger partial charge in [0.1, 0.15) is 5.78 Å². The van der Waals surface area contributed by atoms with Crippen molar-refractivity contribution in [2.75, 3.05) is 0 Å². The summed E-state index contributed by atoms with van der Waals surface area (Å²) < 4.78 is 26.9. The van der Waals surface area contributed by atoms with Gasteiger partial charge >= 0.3 is 0 Å². The molecule has 0 N–H and O–H groups in total. The van der Waals surface area contributed by atoms with E-state index in [1.54, 1.807) is 20.8 Å². The Labute approximate surface area is 254 Å². The molecule has 1 aliphatic carbocycles. The van der Waals surface area contributed by atoms with E-state index in [9.17, 15) is 13.6 Å². The molecular formula is C37H78F2O. The van der Waals surface area contributed by atoms with Crippen molar-refractivity contribution in [1.29, 1.82) is 0 Å². The van der Waals surface area contributed by atoms with Crippen LogP contribution in [0.1, 0.15) is 179 Å². The highest BCUT2D eigenvalue weighted by molar-refractivity contribution is 5.88. The number of allylic oxidation sites excluding steroid dienone is 1. The summed E-state index contributed by atoms with van der Waals surface area (Å²) in [6, 6.07) is 0. The number of Topliss-reactive ketones (excluding diaryl/α,β-unsaturated/α-hetero) is 1. The molecule has 3 heteroatoms. The van der Waals surface area contributed by atoms with Crippen LogP contribution in [-0.4, -0.2) is 11.7 Å². The number of ketones is 1. The summed E-state index contributed by atoms with van der Waals surface area (Å²) in [4.78, 5) is 12.0. The first-order chi connectivity index (χ1) is 15.8. The maximum atomic E-state index is 13.4. The molecule has 246 valence electrons. The monoisotopic (exact) mass is 577 g/mol. The Morgan fingerprint density at radius 1 is 0.650 bits per heavy atom. The molecule has 0 atom stereocenters. The summed E-state index contributed by atoms with van der Waals surface area (Å²) in [5.41, 5.74) is 1.16. The van der Waals surface area contributed by atoms with Gasteiger partial charge in [0, 0.05) is 23.7 Å². The molecule has 1 nitrogen and oxygen atoms in total. The maximum Gasteiger partial charge on any atom is 0.253 e. The van der Waals surface area contributed by atoms with E-state index in [1.807, 2.05) is 20.8 Å². The number of carbonyl (C=O) groups is 1. The van der Waals surface area contributed by atoms with Gasteiger partial charge in [-0.15, -0.1) is 0 Å². The van der Waals surface area contributed by atoms with E-state index < -0.39 is 11.3 Å². The van der Waals surface area contributed by atoms with Gasteiger partial charge in [0.25, 0.3) is 5.92 Å². The van der Waals surface area contributed by atoms with Crippen LogP contribution in [-0.2, 0) is 4.79 Å². The fraction of sp³-hybridized carbons (Fsp3) is 0.919. The van der Waals surface area contributed by atoms with Gasteiger partial charge in [0.15, 0.2) is 0 Å². The van der Waals surface area contributed by atoms with E-state index >= 15 is 0 Å². The van der Waals surface area contributed by atoms with Crippen molar-refractivity contribution in [1.82, 2.24) is 0 Å². The minimum atomic E-state index is -2.58. The summed E-state index contributed by atoms with van der Waals surface area (Å²) >= 11 is 0. The van der Waals surface area contributed by atoms with Gasteiger partial charge in [-0.3, -0.25) is 4.79 Å². The molecule has 0 saturated heterocycles. The van der Waals surface area contributed by atoms with Gasteiger partial charge in [-0.1, -0.05) is 152 Å². The van der Waals surface area contributed by atoms with Gasteiger partial charge in [-0.05, 0) is 53.3 Å². The summed E-state index contributed by atoms with van der Waals surface area (Å²) in [7, 11) is 0. The Morgan fingerprint density at radius 2 is 0.950 bits per heavy atom. The molecule has 0 aromatic heterocycles. The van der Waals surface area contributed by atoms with Crippen LogP contribution in [0.3, 0.4) is 0 Å². The van der Waals surface area contributed by atoms with Crippen molar-refractivity contribution >= 4 is 5.78 Å². The zero-order chi connectivity index (χ0) is 30.5. The van der Waals surface area contributed by atoms with E-state index in [0.717, 1.165) is 32.1 Å². The molecule has 0 radical (unpaired) electrons. The Balaban J connectivity index is -0.000000148. The lowest BCUT2D eigenvalue weighted by Crippen LogP contribution is -2.37. The van der Waals surface area contributed by atoms with Crippen molar-refractivity contribution in [2.45, 2.75) is 184 Å². The average molecular weight is 577 g/mol. The quantitative estimate of drug-likeness (QED) is 0.287. The molecule has 40 heavy (non-hydrogen) atoms. The highest BCUT2D eigenvalue weighted by Gasteiger charge is 2.51. The number of rotatable bonds is 6. The zero-order valence-electron chi connectivity index (χ0n) is 28.2. The van der Waals surface area contributed by atoms with Gasteiger partial charge in [0.05, 0.1) is 0 Å². The molecule has 1 fully saturated rings. The number of halogens is 2. The summed E-state index contributed by atoms with van der Waals surface area (Å²) in [6.07, 6.45) is 5.22. The topological polar surface area (TPSA) is 17.1 Å². The minimum absolute atomic E-state index is 0. The maximum absolute atomic E-state index is 13.4. The molecule has 0 amide bonds. The second-order valence-electron chi connectivity index (χ2n) is 17.9. The smallest absolute Gasteiger partial charge is 0.253 e. The van der Waals surface area contributed by atoms with E-state index in [1.165, 1.54) is 5.57 Å². The van der Waals surface area contributed by atoms with Gasteiger partial charge in [-0.2, -0.15) is 0 Å². The lowest BCUT2D eigenvalue weighted by atomic mass is 9.78.